The number of pyridine rings is 1. The Morgan fingerprint density at radius 2 is 2.25 bits per heavy atom. The van der Waals surface area contributed by atoms with Gasteiger partial charge in [-0.15, -0.1) is 0 Å². The van der Waals surface area contributed by atoms with Gasteiger partial charge in [0.1, 0.15) is 11.9 Å². The summed E-state index contributed by atoms with van der Waals surface area (Å²) in [5.41, 5.74) is 1.32. The second-order valence-electron chi connectivity index (χ2n) is 5.04. The van der Waals surface area contributed by atoms with Gasteiger partial charge in [0.25, 0.3) is 0 Å². The summed E-state index contributed by atoms with van der Waals surface area (Å²) in [4.78, 5) is 10.8. The average molecular weight is 273 g/mol. The van der Waals surface area contributed by atoms with Crippen molar-refractivity contribution >= 4 is 0 Å². The van der Waals surface area contributed by atoms with Gasteiger partial charge in [0.15, 0.2) is 5.82 Å². The second-order valence-corrected chi connectivity index (χ2v) is 5.04. The molecule has 6 nitrogen and oxygen atoms in total. The van der Waals surface area contributed by atoms with Crippen molar-refractivity contribution in [1.82, 2.24) is 25.1 Å². The zero-order valence-electron chi connectivity index (χ0n) is 11.6. The van der Waals surface area contributed by atoms with E-state index in [1.54, 1.807) is 0 Å². The number of ether oxygens (including phenoxy) is 1. The van der Waals surface area contributed by atoms with Gasteiger partial charge in [0.05, 0.1) is 6.61 Å². The lowest BCUT2D eigenvalue weighted by atomic mass is 10.1. The van der Waals surface area contributed by atoms with Gasteiger partial charge in [-0.2, -0.15) is 5.10 Å². The van der Waals surface area contributed by atoms with Gasteiger partial charge in [0.2, 0.25) is 0 Å². The third-order valence-electron chi connectivity index (χ3n) is 3.52. The molecule has 1 aliphatic rings. The number of morpholine rings is 1. The second kappa shape index (κ2) is 6.11. The molecular formula is C14H19N5O. The topological polar surface area (TPSA) is 66.9 Å². The number of hydrogen-bond donors (Lipinski definition) is 1. The Bertz CT molecular complexity index is 542. The van der Waals surface area contributed by atoms with Crippen molar-refractivity contribution in [3.8, 4) is 0 Å². The standard InChI is InChI=1S/C14H19N5O/c1-11-16-14(18-17-11)13-10-19(8-9-20-13)7-4-12-2-5-15-6-3-12/h2-3,5-6,13H,4,7-10H2,1H3,(H,16,17,18)/t13-/m0/s1. The summed E-state index contributed by atoms with van der Waals surface area (Å²) < 4.78 is 5.76. The van der Waals surface area contributed by atoms with Crippen molar-refractivity contribution < 1.29 is 4.74 Å². The highest BCUT2D eigenvalue weighted by Gasteiger charge is 2.24. The zero-order chi connectivity index (χ0) is 13.8. The molecule has 3 heterocycles. The van der Waals surface area contributed by atoms with E-state index in [1.807, 2.05) is 19.3 Å². The van der Waals surface area contributed by atoms with E-state index in [0.29, 0.717) is 0 Å². The first kappa shape index (κ1) is 13.2. The van der Waals surface area contributed by atoms with E-state index in [1.165, 1.54) is 5.56 Å². The highest BCUT2D eigenvalue weighted by Crippen LogP contribution is 2.19. The molecule has 20 heavy (non-hydrogen) atoms. The Hall–Kier alpha value is -1.79. The smallest absolute Gasteiger partial charge is 0.180 e. The maximum absolute atomic E-state index is 5.76. The minimum Gasteiger partial charge on any atom is -0.367 e. The molecule has 3 rings (SSSR count). The minimum absolute atomic E-state index is 0.0221. The van der Waals surface area contributed by atoms with Crippen LogP contribution in [-0.2, 0) is 11.2 Å². The fourth-order valence-corrected chi connectivity index (χ4v) is 2.40. The molecule has 0 aliphatic carbocycles. The van der Waals surface area contributed by atoms with E-state index in [0.717, 1.165) is 44.3 Å². The lowest BCUT2D eigenvalue weighted by molar-refractivity contribution is -0.0337. The predicted molar refractivity (Wildman–Crippen MR) is 74.2 cm³/mol. The van der Waals surface area contributed by atoms with Crippen LogP contribution in [0.3, 0.4) is 0 Å². The van der Waals surface area contributed by atoms with E-state index in [4.69, 9.17) is 4.74 Å². The summed E-state index contributed by atoms with van der Waals surface area (Å²) in [5.74, 6) is 1.59. The fraction of sp³-hybridized carbons (Fsp3) is 0.500. The van der Waals surface area contributed by atoms with Crippen molar-refractivity contribution in [3.05, 3.63) is 41.7 Å². The van der Waals surface area contributed by atoms with Gasteiger partial charge in [-0.1, -0.05) is 0 Å². The van der Waals surface area contributed by atoms with Crippen molar-refractivity contribution in [2.75, 3.05) is 26.2 Å². The molecule has 1 saturated heterocycles. The van der Waals surface area contributed by atoms with Crippen molar-refractivity contribution in [1.29, 1.82) is 0 Å². The van der Waals surface area contributed by atoms with Crippen LogP contribution in [0.2, 0.25) is 0 Å². The summed E-state index contributed by atoms with van der Waals surface area (Å²) in [6, 6.07) is 4.13. The largest absolute Gasteiger partial charge is 0.367 e. The molecule has 1 aliphatic heterocycles. The highest BCUT2D eigenvalue weighted by atomic mass is 16.5. The Balaban J connectivity index is 1.55. The van der Waals surface area contributed by atoms with Gasteiger partial charge < -0.3 is 4.74 Å². The predicted octanol–water partition coefficient (Wildman–Crippen LogP) is 1.12. The molecule has 1 N–H and O–H groups in total. The summed E-state index contributed by atoms with van der Waals surface area (Å²) >= 11 is 0. The lowest BCUT2D eigenvalue weighted by Gasteiger charge is -2.31. The van der Waals surface area contributed by atoms with Crippen molar-refractivity contribution in [3.63, 3.8) is 0 Å². The number of aromatic amines is 1. The van der Waals surface area contributed by atoms with E-state index >= 15 is 0 Å². The first-order valence-corrected chi connectivity index (χ1v) is 6.93. The lowest BCUT2D eigenvalue weighted by Crippen LogP contribution is -2.39. The molecule has 0 bridgehead atoms. The van der Waals surface area contributed by atoms with Crippen molar-refractivity contribution in [2.45, 2.75) is 19.4 Å². The first-order chi connectivity index (χ1) is 9.81. The molecule has 1 fully saturated rings. The molecule has 0 aromatic carbocycles. The van der Waals surface area contributed by atoms with Gasteiger partial charge in [0, 0.05) is 32.0 Å². The number of aryl methyl sites for hydroxylation is 1. The van der Waals surface area contributed by atoms with Crippen molar-refractivity contribution in [2.24, 2.45) is 0 Å². The minimum atomic E-state index is -0.0221. The molecule has 0 amide bonds. The molecule has 2 aromatic heterocycles. The van der Waals surface area contributed by atoms with Crippen LogP contribution in [0.4, 0.5) is 0 Å². The van der Waals surface area contributed by atoms with Gasteiger partial charge in [-0.25, -0.2) is 4.98 Å². The number of H-pyrrole nitrogens is 1. The molecule has 106 valence electrons. The van der Waals surface area contributed by atoms with E-state index in [2.05, 4.69) is 37.2 Å². The Morgan fingerprint density at radius 3 is 3.00 bits per heavy atom. The molecule has 0 unspecified atom stereocenters. The summed E-state index contributed by atoms with van der Waals surface area (Å²) in [5, 5.41) is 7.07. The highest BCUT2D eigenvalue weighted by molar-refractivity contribution is 5.10. The SMILES string of the molecule is Cc1nc([C@@H]2CN(CCc3ccncc3)CCO2)n[nH]1. The first-order valence-electron chi connectivity index (χ1n) is 6.93. The van der Waals surface area contributed by atoms with E-state index < -0.39 is 0 Å². The number of nitrogens with zero attached hydrogens (tertiary/aromatic N) is 4. The molecular weight excluding hydrogens is 254 g/mol. The molecule has 1 atom stereocenters. The number of rotatable bonds is 4. The number of hydrogen-bond acceptors (Lipinski definition) is 5. The number of aromatic nitrogens is 4. The maximum Gasteiger partial charge on any atom is 0.180 e. The third kappa shape index (κ3) is 3.20. The third-order valence-corrected chi connectivity index (χ3v) is 3.52. The monoisotopic (exact) mass is 273 g/mol. The summed E-state index contributed by atoms with van der Waals surface area (Å²) in [6.45, 7) is 5.47. The normalized spacial score (nSPS) is 20.1. The molecule has 0 spiro atoms. The van der Waals surface area contributed by atoms with Crippen LogP contribution in [0.5, 0.6) is 0 Å². The quantitative estimate of drug-likeness (QED) is 0.904. The van der Waals surface area contributed by atoms with Crippen LogP contribution in [0.15, 0.2) is 24.5 Å². The van der Waals surface area contributed by atoms with Crippen LogP contribution in [0.1, 0.15) is 23.3 Å². The van der Waals surface area contributed by atoms with Crippen LogP contribution >= 0.6 is 0 Å². The van der Waals surface area contributed by atoms with Gasteiger partial charge >= 0.3 is 0 Å². The molecule has 2 aromatic rings. The van der Waals surface area contributed by atoms with Gasteiger partial charge in [-0.3, -0.25) is 15.0 Å². The maximum atomic E-state index is 5.76. The fourth-order valence-electron chi connectivity index (χ4n) is 2.40. The average Bonchev–Trinajstić information content (AvgIpc) is 2.93. The Labute approximate surface area is 118 Å². The van der Waals surface area contributed by atoms with E-state index in [-0.39, 0.29) is 6.10 Å². The number of nitrogens with one attached hydrogen (secondary N) is 1. The Morgan fingerprint density at radius 1 is 1.40 bits per heavy atom. The Kier molecular flexibility index (Phi) is 4.03. The van der Waals surface area contributed by atoms with Crippen LogP contribution in [0.25, 0.3) is 0 Å². The summed E-state index contributed by atoms with van der Waals surface area (Å²) in [6.07, 6.45) is 4.69. The van der Waals surface area contributed by atoms with Crippen LogP contribution in [0, 0.1) is 6.92 Å². The molecule has 0 saturated carbocycles. The van der Waals surface area contributed by atoms with Gasteiger partial charge in [-0.05, 0) is 31.0 Å². The summed E-state index contributed by atoms with van der Waals surface area (Å²) in [7, 11) is 0. The molecule has 0 radical (unpaired) electrons. The van der Waals surface area contributed by atoms with E-state index in [9.17, 15) is 0 Å². The molecule has 6 heteroatoms. The van der Waals surface area contributed by atoms with Crippen LogP contribution in [-0.4, -0.2) is 51.3 Å². The van der Waals surface area contributed by atoms with Crippen LogP contribution < -0.4 is 0 Å². The zero-order valence-corrected chi connectivity index (χ0v) is 11.6.